The van der Waals surface area contributed by atoms with Crippen molar-refractivity contribution in [3.8, 4) is 0 Å². The largest absolute Gasteiger partial charge is 0.464 e. The van der Waals surface area contributed by atoms with E-state index in [1.165, 1.54) is 57.8 Å². The highest BCUT2D eigenvalue weighted by Gasteiger charge is 2.67. The molecule has 6 atom stereocenters. The maximum absolute atomic E-state index is 10.8. The standard InChI is InChI=1S/C16H24O2/c17-10-18-15-9-13-4-2-1-3-11-5-6-12-7-8-14(15)16(11,12)13/h10-15H,1-9H2. The molecule has 0 aromatic carbocycles. The van der Waals surface area contributed by atoms with Gasteiger partial charge in [-0.25, -0.2) is 0 Å². The molecule has 0 heterocycles. The van der Waals surface area contributed by atoms with Crippen LogP contribution in [0.2, 0.25) is 0 Å². The van der Waals surface area contributed by atoms with Gasteiger partial charge in [0.1, 0.15) is 6.10 Å². The molecule has 0 aromatic heterocycles. The van der Waals surface area contributed by atoms with Crippen molar-refractivity contribution in [1.29, 1.82) is 0 Å². The highest BCUT2D eigenvalue weighted by Crippen LogP contribution is 2.72. The minimum absolute atomic E-state index is 0.260. The number of carbonyl (C=O) groups is 1. The van der Waals surface area contributed by atoms with E-state index in [1.54, 1.807) is 0 Å². The third-order valence-electron chi connectivity index (χ3n) is 7.00. The molecule has 0 bridgehead atoms. The van der Waals surface area contributed by atoms with E-state index >= 15 is 0 Å². The molecule has 18 heavy (non-hydrogen) atoms. The van der Waals surface area contributed by atoms with Crippen LogP contribution in [-0.2, 0) is 9.53 Å². The lowest BCUT2D eigenvalue weighted by Gasteiger charge is -2.40. The van der Waals surface area contributed by atoms with Crippen molar-refractivity contribution in [2.45, 2.75) is 63.9 Å². The summed E-state index contributed by atoms with van der Waals surface area (Å²) in [5.74, 6) is 3.51. The molecule has 4 fully saturated rings. The van der Waals surface area contributed by atoms with Crippen LogP contribution >= 0.6 is 0 Å². The Morgan fingerprint density at radius 1 is 0.889 bits per heavy atom. The summed E-state index contributed by atoms with van der Waals surface area (Å²) in [6.07, 6.45) is 12.8. The summed E-state index contributed by atoms with van der Waals surface area (Å²) in [6.45, 7) is 0.712. The van der Waals surface area contributed by atoms with Gasteiger partial charge in [0.05, 0.1) is 0 Å². The molecule has 0 aromatic rings. The van der Waals surface area contributed by atoms with Crippen LogP contribution in [0.3, 0.4) is 0 Å². The molecule has 2 heteroatoms. The predicted octanol–water partition coefficient (Wildman–Crippen LogP) is 3.54. The lowest BCUT2D eigenvalue weighted by Crippen LogP contribution is -2.37. The summed E-state index contributed by atoms with van der Waals surface area (Å²) in [4.78, 5) is 10.8. The molecule has 4 saturated carbocycles. The normalized spacial score (nSPS) is 53.7. The van der Waals surface area contributed by atoms with Gasteiger partial charge in [-0.15, -0.1) is 0 Å². The van der Waals surface area contributed by atoms with Crippen molar-refractivity contribution in [3.05, 3.63) is 0 Å². The Kier molecular flexibility index (Phi) is 2.50. The molecule has 0 aliphatic heterocycles. The molecule has 0 radical (unpaired) electrons. The van der Waals surface area contributed by atoms with Crippen LogP contribution in [0.1, 0.15) is 57.8 Å². The number of carbonyl (C=O) groups excluding carboxylic acids is 1. The molecule has 4 aliphatic rings. The molecule has 4 rings (SSSR count). The predicted molar refractivity (Wildman–Crippen MR) is 68.9 cm³/mol. The maximum atomic E-state index is 10.8. The van der Waals surface area contributed by atoms with E-state index in [0.717, 1.165) is 17.8 Å². The highest BCUT2D eigenvalue weighted by molar-refractivity contribution is 5.38. The van der Waals surface area contributed by atoms with E-state index in [-0.39, 0.29) is 6.10 Å². The highest BCUT2D eigenvalue weighted by atomic mass is 16.5. The second-order valence-corrected chi connectivity index (χ2v) is 7.14. The fraction of sp³-hybridized carbons (Fsp3) is 0.938. The van der Waals surface area contributed by atoms with Crippen LogP contribution in [-0.4, -0.2) is 12.6 Å². The van der Waals surface area contributed by atoms with Crippen molar-refractivity contribution in [2.75, 3.05) is 0 Å². The van der Waals surface area contributed by atoms with E-state index < -0.39 is 0 Å². The number of hydrogen-bond donors (Lipinski definition) is 0. The molecule has 6 unspecified atom stereocenters. The Morgan fingerprint density at radius 2 is 1.56 bits per heavy atom. The monoisotopic (exact) mass is 248 g/mol. The topological polar surface area (TPSA) is 26.3 Å². The van der Waals surface area contributed by atoms with Gasteiger partial charge in [-0.05, 0) is 68.1 Å². The van der Waals surface area contributed by atoms with E-state index in [2.05, 4.69) is 0 Å². The van der Waals surface area contributed by atoms with Gasteiger partial charge in [0, 0.05) is 5.92 Å². The Balaban J connectivity index is 1.75. The van der Waals surface area contributed by atoms with Gasteiger partial charge < -0.3 is 4.74 Å². The van der Waals surface area contributed by atoms with Crippen molar-refractivity contribution in [2.24, 2.45) is 29.1 Å². The molecule has 4 aliphatic carbocycles. The second-order valence-electron chi connectivity index (χ2n) is 7.14. The summed E-state index contributed by atoms with van der Waals surface area (Å²) in [6, 6.07) is 0. The van der Waals surface area contributed by atoms with Gasteiger partial charge >= 0.3 is 0 Å². The Morgan fingerprint density at radius 3 is 2.33 bits per heavy atom. The third-order valence-corrected chi connectivity index (χ3v) is 7.00. The molecule has 2 nitrogen and oxygen atoms in total. The minimum atomic E-state index is 0.260. The number of rotatable bonds is 2. The van der Waals surface area contributed by atoms with Gasteiger partial charge in [0.15, 0.2) is 0 Å². The van der Waals surface area contributed by atoms with Crippen LogP contribution in [0.4, 0.5) is 0 Å². The van der Waals surface area contributed by atoms with Crippen molar-refractivity contribution in [3.63, 3.8) is 0 Å². The smallest absolute Gasteiger partial charge is 0.293 e. The van der Waals surface area contributed by atoms with E-state index in [4.69, 9.17) is 4.74 Å². The van der Waals surface area contributed by atoms with Crippen LogP contribution < -0.4 is 0 Å². The van der Waals surface area contributed by atoms with Crippen LogP contribution in [0, 0.1) is 29.1 Å². The first-order valence-electron chi connectivity index (χ1n) is 7.96. The first-order chi connectivity index (χ1) is 8.87. The first-order valence-corrected chi connectivity index (χ1v) is 7.96. The summed E-state index contributed by atoms with van der Waals surface area (Å²) in [5, 5.41) is 0. The lowest BCUT2D eigenvalue weighted by atomic mass is 9.64. The van der Waals surface area contributed by atoms with Crippen LogP contribution in [0.15, 0.2) is 0 Å². The summed E-state index contributed by atoms with van der Waals surface area (Å²) in [7, 11) is 0. The van der Waals surface area contributed by atoms with E-state index in [1.807, 2.05) is 0 Å². The molecule has 0 saturated heterocycles. The average Bonchev–Trinajstić information content (AvgIpc) is 2.95. The summed E-state index contributed by atoms with van der Waals surface area (Å²) >= 11 is 0. The molecule has 0 amide bonds. The molecular formula is C16H24O2. The van der Waals surface area contributed by atoms with Crippen molar-refractivity contribution >= 4 is 6.47 Å². The molecular weight excluding hydrogens is 224 g/mol. The zero-order valence-corrected chi connectivity index (χ0v) is 11.1. The molecule has 100 valence electrons. The van der Waals surface area contributed by atoms with E-state index in [0.29, 0.717) is 17.8 Å². The average molecular weight is 248 g/mol. The van der Waals surface area contributed by atoms with Crippen LogP contribution in [0.25, 0.3) is 0 Å². The van der Waals surface area contributed by atoms with Gasteiger partial charge in [0.2, 0.25) is 0 Å². The summed E-state index contributed by atoms with van der Waals surface area (Å²) in [5.41, 5.74) is 0.601. The zero-order chi connectivity index (χ0) is 12.2. The second kappa shape index (κ2) is 3.98. The lowest BCUT2D eigenvalue weighted by molar-refractivity contribution is -0.136. The van der Waals surface area contributed by atoms with Gasteiger partial charge in [-0.1, -0.05) is 12.8 Å². The number of ether oxygens (including phenoxy) is 1. The Bertz CT molecular complexity index is 353. The van der Waals surface area contributed by atoms with Gasteiger partial charge in [-0.3, -0.25) is 4.79 Å². The molecule has 1 spiro atoms. The zero-order valence-electron chi connectivity index (χ0n) is 11.1. The fourth-order valence-electron chi connectivity index (χ4n) is 6.76. The van der Waals surface area contributed by atoms with Gasteiger partial charge in [-0.2, -0.15) is 0 Å². The Labute approximate surface area is 109 Å². The maximum Gasteiger partial charge on any atom is 0.293 e. The quantitative estimate of drug-likeness (QED) is 0.699. The van der Waals surface area contributed by atoms with Crippen LogP contribution in [0.5, 0.6) is 0 Å². The first kappa shape index (κ1) is 11.3. The summed E-state index contributed by atoms with van der Waals surface area (Å²) < 4.78 is 5.49. The molecule has 0 N–H and O–H groups in total. The van der Waals surface area contributed by atoms with E-state index in [9.17, 15) is 4.79 Å². The van der Waals surface area contributed by atoms with Gasteiger partial charge in [0.25, 0.3) is 6.47 Å². The fourth-order valence-corrected chi connectivity index (χ4v) is 6.76. The SMILES string of the molecule is O=COC1CC2CCCCC3CCC4CCC1C342. The minimum Gasteiger partial charge on any atom is -0.464 e. The Hall–Kier alpha value is -0.530. The van der Waals surface area contributed by atoms with Crippen molar-refractivity contribution in [1.82, 2.24) is 0 Å². The van der Waals surface area contributed by atoms with Crippen molar-refractivity contribution < 1.29 is 9.53 Å². The third kappa shape index (κ3) is 1.22. The number of hydrogen-bond acceptors (Lipinski definition) is 2.